The van der Waals surface area contributed by atoms with Crippen LogP contribution in [0.3, 0.4) is 0 Å². The highest BCUT2D eigenvalue weighted by atomic mass is 16.3. The average molecular weight is 402 g/mol. The van der Waals surface area contributed by atoms with Gasteiger partial charge in [-0.3, -0.25) is 9.59 Å². The summed E-state index contributed by atoms with van der Waals surface area (Å²) in [7, 11) is 0. The van der Waals surface area contributed by atoms with Crippen molar-refractivity contribution in [3.8, 4) is 5.88 Å². The number of aromatic hydroxyl groups is 1. The van der Waals surface area contributed by atoms with Crippen molar-refractivity contribution < 1.29 is 19.1 Å². The maximum absolute atomic E-state index is 12.0. The fraction of sp³-hybridized carbons (Fsp3) is 0.0909. The van der Waals surface area contributed by atoms with Gasteiger partial charge in [-0.05, 0) is 23.8 Å². The molecule has 0 bridgehead atoms. The molecule has 0 spiro atoms. The predicted octanol–water partition coefficient (Wildman–Crippen LogP) is 3.91. The minimum absolute atomic E-state index is 0.0642. The van der Waals surface area contributed by atoms with Crippen molar-refractivity contribution in [3.63, 3.8) is 0 Å². The molecule has 0 radical (unpaired) electrons. The molecule has 8 heteroatoms. The van der Waals surface area contributed by atoms with E-state index in [-0.39, 0.29) is 18.1 Å². The van der Waals surface area contributed by atoms with E-state index in [1.165, 1.54) is 6.26 Å². The van der Waals surface area contributed by atoms with E-state index in [2.05, 4.69) is 15.5 Å². The number of furan rings is 1. The summed E-state index contributed by atoms with van der Waals surface area (Å²) in [6.07, 6.45) is 1.47. The second kappa shape index (κ2) is 8.44. The van der Waals surface area contributed by atoms with Crippen LogP contribution in [0.1, 0.15) is 11.3 Å². The number of benzene rings is 2. The average Bonchev–Trinajstić information content (AvgIpc) is 3.38. The molecule has 0 atom stereocenters. The van der Waals surface area contributed by atoms with Gasteiger partial charge in [-0.1, -0.05) is 48.5 Å². The second-order valence-electron chi connectivity index (χ2n) is 6.53. The SMILES string of the molecule is O=C(N=Nc1c(O)n(Cc2ccccc2)c2ccccc12)C(=O)NCc1ccco1. The van der Waals surface area contributed by atoms with Crippen molar-refractivity contribution in [1.82, 2.24) is 9.88 Å². The van der Waals surface area contributed by atoms with Gasteiger partial charge in [0.1, 0.15) is 5.76 Å². The molecule has 8 nitrogen and oxygen atoms in total. The Hall–Kier alpha value is -4.20. The third kappa shape index (κ3) is 3.97. The molecule has 0 fully saturated rings. The number of carbonyl (C=O) groups excluding carboxylic acids is 2. The lowest BCUT2D eigenvalue weighted by molar-refractivity contribution is -0.137. The molecule has 0 aliphatic rings. The smallest absolute Gasteiger partial charge is 0.353 e. The first-order valence-electron chi connectivity index (χ1n) is 9.24. The molecule has 2 amide bonds. The Morgan fingerprint density at radius 2 is 1.77 bits per heavy atom. The summed E-state index contributed by atoms with van der Waals surface area (Å²) in [6.45, 7) is 0.481. The number of carbonyl (C=O) groups is 2. The largest absolute Gasteiger partial charge is 0.493 e. The van der Waals surface area contributed by atoms with Gasteiger partial charge in [0.15, 0.2) is 5.69 Å². The molecule has 0 saturated carbocycles. The number of hydrogen-bond donors (Lipinski definition) is 2. The molecule has 2 N–H and O–H groups in total. The quantitative estimate of drug-likeness (QED) is 0.389. The molecule has 30 heavy (non-hydrogen) atoms. The van der Waals surface area contributed by atoms with Gasteiger partial charge in [-0.15, -0.1) is 10.2 Å². The highest BCUT2D eigenvalue weighted by Gasteiger charge is 2.18. The van der Waals surface area contributed by atoms with E-state index in [1.54, 1.807) is 28.8 Å². The van der Waals surface area contributed by atoms with Crippen LogP contribution in [0.15, 0.2) is 87.6 Å². The Labute approximate surface area is 171 Å². The van der Waals surface area contributed by atoms with Gasteiger partial charge in [0.05, 0.1) is 24.9 Å². The van der Waals surface area contributed by atoms with Gasteiger partial charge >= 0.3 is 11.8 Å². The van der Waals surface area contributed by atoms with E-state index in [0.29, 0.717) is 17.7 Å². The summed E-state index contributed by atoms with van der Waals surface area (Å²) >= 11 is 0. The van der Waals surface area contributed by atoms with Gasteiger partial charge in [0, 0.05) is 5.39 Å². The Bertz CT molecular complexity index is 1210. The summed E-state index contributed by atoms with van der Waals surface area (Å²) in [5.41, 5.74) is 1.86. The maximum atomic E-state index is 12.0. The van der Waals surface area contributed by atoms with Crippen molar-refractivity contribution in [2.75, 3.05) is 0 Å². The van der Waals surface area contributed by atoms with E-state index < -0.39 is 11.8 Å². The zero-order chi connectivity index (χ0) is 20.9. The van der Waals surface area contributed by atoms with E-state index in [0.717, 1.165) is 11.1 Å². The van der Waals surface area contributed by atoms with Crippen LogP contribution in [0.2, 0.25) is 0 Å². The lowest BCUT2D eigenvalue weighted by atomic mass is 10.2. The standard InChI is InChI=1S/C22H18N4O4/c27-20(23-13-16-9-6-12-30-16)21(28)25-24-19-17-10-4-5-11-18(17)26(22(19)29)14-15-7-2-1-3-8-15/h1-12,29H,13-14H2,(H,23,27). The molecule has 4 rings (SSSR count). The number of para-hydroxylation sites is 1. The first kappa shape index (κ1) is 19.1. The van der Waals surface area contributed by atoms with Crippen LogP contribution in [0.5, 0.6) is 5.88 Å². The second-order valence-corrected chi connectivity index (χ2v) is 6.53. The molecule has 2 aromatic heterocycles. The van der Waals surface area contributed by atoms with E-state index in [9.17, 15) is 14.7 Å². The maximum Gasteiger partial charge on any atom is 0.353 e. The van der Waals surface area contributed by atoms with E-state index in [1.807, 2.05) is 42.5 Å². The molecule has 0 aliphatic carbocycles. The Kier molecular flexibility index (Phi) is 5.38. The third-order valence-corrected chi connectivity index (χ3v) is 4.54. The zero-order valence-corrected chi connectivity index (χ0v) is 15.9. The highest BCUT2D eigenvalue weighted by molar-refractivity contribution is 6.35. The molecule has 4 aromatic rings. The first-order valence-corrected chi connectivity index (χ1v) is 9.24. The first-order chi connectivity index (χ1) is 14.6. The number of amides is 2. The van der Waals surface area contributed by atoms with Gasteiger partial charge in [-0.2, -0.15) is 0 Å². The van der Waals surface area contributed by atoms with Crippen LogP contribution >= 0.6 is 0 Å². The van der Waals surface area contributed by atoms with Crippen LogP contribution in [0.25, 0.3) is 10.9 Å². The number of azo groups is 1. The highest BCUT2D eigenvalue weighted by Crippen LogP contribution is 2.39. The van der Waals surface area contributed by atoms with E-state index >= 15 is 0 Å². The van der Waals surface area contributed by atoms with Crippen molar-refractivity contribution in [1.29, 1.82) is 0 Å². The van der Waals surface area contributed by atoms with Crippen molar-refractivity contribution >= 4 is 28.4 Å². The fourth-order valence-electron chi connectivity index (χ4n) is 3.09. The normalized spacial score (nSPS) is 11.2. The summed E-state index contributed by atoms with van der Waals surface area (Å²) in [5.74, 6) is -1.61. The molecule has 0 saturated heterocycles. The van der Waals surface area contributed by atoms with Crippen LogP contribution < -0.4 is 5.32 Å². The van der Waals surface area contributed by atoms with Gasteiger partial charge in [0.25, 0.3) is 0 Å². The van der Waals surface area contributed by atoms with Crippen LogP contribution in [-0.4, -0.2) is 21.5 Å². The Morgan fingerprint density at radius 3 is 2.53 bits per heavy atom. The van der Waals surface area contributed by atoms with Crippen molar-refractivity contribution in [3.05, 3.63) is 84.3 Å². The number of fused-ring (bicyclic) bond motifs is 1. The summed E-state index contributed by atoms with van der Waals surface area (Å²) < 4.78 is 6.77. The summed E-state index contributed by atoms with van der Waals surface area (Å²) in [6, 6.07) is 20.2. The molecular weight excluding hydrogens is 384 g/mol. The molecule has 0 aliphatic heterocycles. The van der Waals surface area contributed by atoms with Crippen LogP contribution in [0.4, 0.5) is 5.69 Å². The van der Waals surface area contributed by atoms with Gasteiger partial charge < -0.3 is 19.4 Å². The monoisotopic (exact) mass is 402 g/mol. The van der Waals surface area contributed by atoms with Crippen LogP contribution in [0, 0.1) is 0 Å². The minimum Gasteiger partial charge on any atom is -0.493 e. The Balaban J connectivity index is 1.57. The fourth-order valence-corrected chi connectivity index (χ4v) is 3.09. The number of hydrogen-bond acceptors (Lipinski definition) is 5. The molecule has 2 heterocycles. The molecular formula is C22H18N4O4. The summed E-state index contributed by atoms with van der Waals surface area (Å²) in [5, 5.41) is 21.1. The molecule has 0 unspecified atom stereocenters. The molecule has 2 aromatic carbocycles. The topological polar surface area (TPSA) is 109 Å². The number of rotatable bonds is 5. The lowest BCUT2D eigenvalue weighted by Gasteiger charge is -2.06. The lowest BCUT2D eigenvalue weighted by Crippen LogP contribution is -2.28. The Morgan fingerprint density at radius 1 is 1.00 bits per heavy atom. The number of aromatic nitrogens is 1. The minimum atomic E-state index is -1.07. The number of nitrogens with one attached hydrogen (secondary N) is 1. The third-order valence-electron chi connectivity index (χ3n) is 4.54. The summed E-state index contributed by atoms with van der Waals surface area (Å²) in [4.78, 5) is 24.0. The zero-order valence-electron chi connectivity index (χ0n) is 15.9. The number of nitrogens with zero attached hydrogens (tertiary/aromatic N) is 3. The van der Waals surface area contributed by atoms with Gasteiger partial charge in [-0.25, -0.2) is 0 Å². The predicted molar refractivity (Wildman–Crippen MR) is 109 cm³/mol. The van der Waals surface area contributed by atoms with Crippen molar-refractivity contribution in [2.45, 2.75) is 13.1 Å². The molecule has 150 valence electrons. The van der Waals surface area contributed by atoms with Gasteiger partial charge in [0.2, 0.25) is 5.88 Å². The van der Waals surface area contributed by atoms with Crippen molar-refractivity contribution in [2.24, 2.45) is 10.2 Å². The van der Waals surface area contributed by atoms with E-state index in [4.69, 9.17) is 4.42 Å². The van der Waals surface area contributed by atoms with Crippen LogP contribution in [-0.2, 0) is 22.7 Å².